The average molecular weight is 343 g/mol. The lowest BCUT2D eigenvalue weighted by molar-refractivity contribution is 0.399. The zero-order chi connectivity index (χ0) is 15.0. The molecule has 7 heteroatoms. The molecule has 0 saturated heterocycles. The summed E-state index contributed by atoms with van der Waals surface area (Å²) in [5.41, 5.74) is 7.09. The summed E-state index contributed by atoms with van der Waals surface area (Å²) in [4.78, 5) is 0.125. The van der Waals surface area contributed by atoms with Crippen LogP contribution in [-0.2, 0) is 16.6 Å². The van der Waals surface area contributed by atoms with Crippen molar-refractivity contribution in [3.8, 4) is 0 Å². The number of hydrogen-bond donors (Lipinski definition) is 1. The molecule has 1 aliphatic carbocycles. The molecule has 0 radical (unpaired) electrons. The van der Waals surface area contributed by atoms with Gasteiger partial charge in [-0.05, 0) is 53.4 Å². The number of rotatable bonds is 5. The van der Waals surface area contributed by atoms with Crippen molar-refractivity contribution < 1.29 is 8.42 Å². The largest absolute Gasteiger partial charge is 0.399 e. The fourth-order valence-electron chi connectivity index (χ4n) is 2.19. The van der Waals surface area contributed by atoms with Crippen molar-refractivity contribution >= 4 is 38.6 Å². The molecule has 4 nitrogen and oxygen atoms in total. The van der Waals surface area contributed by atoms with Crippen LogP contribution in [0.2, 0.25) is 5.02 Å². The minimum atomic E-state index is -3.61. The molecular formula is C14H15ClN2O2S2. The highest BCUT2D eigenvalue weighted by atomic mass is 35.5. The number of nitrogen functional groups attached to an aromatic ring is 1. The number of benzene rings is 1. The summed E-state index contributed by atoms with van der Waals surface area (Å²) < 4.78 is 27.3. The van der Waals surface area contributed by atoms with Gasteiger partial charge in [0.05, 0.1) is 5.02 Å². The summed E-state index contributed by atoms with van der Waals surface area (Å²) in [6.07, 6.45) is 1.80. The zero-order valence-corrected chi connectivity index (χ0v) is 13.6. The Labute approximate surface area is 133 Å². The second-order valence-corrected chi connectivity index (χ2v) is 8.15. The van der Waals surface area contributed by atoms with Crippen LogP contribution in [0.5, 0.6) is 0 Å². The first kappa shape index (κ1) is 14.8. The van der Waals surface area contributed by atoms with Crippen LogP contribution in [0.15, 0.2) is 39.9 Å². The van der Waals surface area contributed by atoms with Gasteiger partial charge in [-0.1, -0.05) is 11.6 Å². The predicted octanol–water partition coefficient (Wildman–Crippen LogP) is 3.34. The van der Waals surface area contributed by atoms with E-state index < -0.39 is 10.0 Å². The molecule has 112 valence electrons. The Morgan fingerprint density at radius 3 is 2.67 bits per heavy atom. The normalized spacial score (nSPS) is 15.5. The minimum Gasteiger partial charge on any atom is -0.399 e. The van der Waals surface area contributed by atoms with Crippen molar-refractivity contribution in [2.24, 2.45) is 0 Å². The molecule has 1 fully saturated rings. The monoisotopic (exact) mass is 342 g/mol. The van der Waals surface area contributed by atoms with Crippen LogP contribution in [0.3, 0.4) is 0 Å². The Kier molecular flexibility index (Phi) is 3.96. The van der Waals surface area contributed by atoms with Crippen molar-refractivity contribution in [1.29, 1.82) is 0 Å². The van der Waals surface area contributed by atoms with Crippen LogP contribution in [-0.4, -0.2) is 18.8 Å². The number of anilines is 1. The Balaban J connectivity index is 1.97. The first-order chi connectivity index (χ1) is 9.98. The van der Waals surface area contributed by atoms with Crippen molar-refractivity contribution in [3.63, 3.8) is 0 Å². The van der Waals surface area contributed by atoms with E-state index in [1.165, 1.54) is 12.1 Å². The highest BCUT2D eigenvalue weighted by molar-refractivity contribution is 7.89. The number of nitrogens with two attached hydrogens (primary N) is 1. The van der Waals surface area contributed by atoms with E-state index in [0.29, 0.717) is 12.2 Å². The molecular weight excluding hydrogens is 328 g/mol. The van der Waals surface area contributed by atoms with Crippen molar-refractivity contribution in [2.45, 2.75) is 30.3 Å². The maximum atomic E-state index is 12.9. The summed E-state index contributed by atoms with van der Waals surface area (Å²) in [5.74, 6) is 0. The van der Waals surface area contributed by atoms with Gasteiger partial charge >= 0.3 is 0 Å². The quantitative estimate of drug-likeness (QED) is 0.847. The maximum absolute atomic E-state index is 12.9. The van der Waals surface area contributed by atoms with Crippen LogP contribution in [0, 0.1) is 0 Å². The summed E-state index contributed by atoms with van der Waals surface area (Å²) in [5, 5.41) is 4.09. The number of sulfonamides is 1. The molecule has 21 heavy (non-hydrogen) atoms. The van der Waals surface area contributed by atoms with E-state index in [2.05, 4.69) is 0 Å². The molecule has 1 heterocycles. The maximum Gasteiger partial charge on any atom is 0.245 e. The lowest BCUT2D eigenvalue weighted by Crippen LogP contribution is -2.32. The van der Waals surface area contributed by atoms with E-state index in [0.717, 1.165) is 18.4 Å². The standard InChI is InChI=1S/C14H15ClN2O2S2/c15-13-7-11(16)1-4-14(13)21(18,19)17(12-2-3-12)8-10-5-6-20-9-10/h1,4-7,9,12H,2-3,8,16H2. The van der Waals surface area contributed by atoms with Gasteiger partial charge in [0.1, 0.15) is 4.90 Å². The molecule has 2 N–H and O–H groups in total. The van der Waals surface area contributed by atoms with Gasteiger partial charge < -0.3 is 5.73 Å². The Morgan fingerprint density at radius 2 is 2.10 bits per heavy atom. The van der Waals surface area contributed by atoms with E-state index in [-0.39, 0.29) is 16.0 Å². The Bertz CT molecular complexity index is 740. The second-order valence-electron chi connectivity index (χ2n) is 5.10. The summed E-state index contributed by atoms with van der Waals surface area (Å²) in [6, 6.07) is 6.54. The van der Waals surface area contributed by atoms with Crippen LogP contribution in [0.4, 0.5) is 5.69 Å². The topological polar surface area (TPSA) is 63.4 Å². The molecule has 3 rings (SSSR count). The average Bonchev–Trinajstić information content (AvgIpc) is 3.11. The fourth-order valence-corrected chi connectivity index (χ4v) is 5.05. The van der Waals surface area contributed by atoms with E-state index in [1.807, 2.05) is 16.8 Å². The van der Waals surface area contributed by atoms with Crippen LogP contribution >= 0.6 is 22.9 Å². The fraction of sp³-hybridized carbons (Fsp3) is 0.286. The van der Waals surface area contributed by atoms with Gasteiger partial charge in [0.2, 0.25) is 10.0 Å². The van der Waals surface area contributed by atoms with Gasteiger partial charge in [0, 0.05) is 18.3 Å². The van der Waals surface area contributed by atoms with E-state index in [4.69, 9.17) is 17.3 Å². The number of nitrogens with zero attached hydrogens (tertiary/aromatic N) is 1. The highest BCUT2D eigenvalue weighted by Crippen LogP contribution is 2.36. The van der Waals surface area contributed by atoms with E-state index in [9.17, 15) is 8.42 Å². The molecule has 0 atom stereocenters. The van der Waals surface area contributed by atoms with Crippen molar-refractivity contribution in [1.82, 2.24) is 4.31 Å². The molecule has 1 aliphatic rings. The molecule has 1 saturated carbocycles. The van der Waals surface area contributed by atoms with E-state index in [1.54, 1.807) is 21.7 Å². The Morgan fingerprint density at radius 1 is 1.33 bits per heavy atom. The predicted molar refractivity (Wildman–Crippen MR) is 85.9 cm³/mol. The van der Waals surface area contributed by atoms with Gasteiger partial charge in [-0.3, -0.25) is 0 Å². The first-order valence-electron chi connectivity index (χ1n) is 6.56. The summed E-state index contributed by atoms with van der Waals surface area (Å²) in [7, 11) is -3.61. The van der Waals surface area contributed by atoms with Gasteiger partial charge in [0.15, 0.2) is 0 Å². The number of thiophene rings is 1. The van der Waals surface area contributed by atoms with Gasteiger partial charge in [0.25, 0.3) is 0 Å². The Hall–Kier alpha value is -1.08. The van der Waals surface area contributed by atoms with Crippen molar-refractivity contribution in [3.05, 3.63) is 45.6 Å². The third-order valence-electron chi connectivity index (χ3n) is 3.42. The lowest BCUT2D eigenvalue weighted by Gasteiger charge is -2.22. The smallest absolute Gasteiger partial charge is 0.245 e. The van der Waals surface area contributed by atoms with Gasteiger partial charge in [-0.15, -0.1) is 0 Å². The lowest BCUT2D eigenvalue weighted by atomic mass is 10.3. The molecule has 2 aromatic rings. The summed E-state index contributed by atoms with van der Waals surface area (Å²) in [6.45, 7) is 0.386. The molecule has 0 unspecified atom stereocenters. The molecule has 0 amide bonds. The van der Waals surface area contributed by atoms with E-state index >= 15 is 0 Å². The van der Waals surface area contributed by atoms with Crippen LogP contribution in [0.25, 0.3) is 0 Å². The summed E-state index contributed by atoms with van der Waals surface area (Å²) >= 11 is 7.64. The van der Waals surface area contributed by atoms with Crippen LogP contribution in [0.1, 0.15) is 18.4 Å². The second kappa shape index (κ2) is 5.61. The number of hydrogen-bond acceptors (Lipinski definition) is 4. The molecule has 0 aliphatic heterocycles. The van der Waals surface area contributed by atoms with Gasteiger partial charge in [-0.25, -0.2) is 8.42 Å². The molecule has 1 aromatic heterocycles. The van der Waals surface area contributed by atoms with Gasteiger partial charge in [-0.2, -0.15) is 15.6 Å². The molecule has 0 spiro atoms. The number of halogens is 1. The SMILES string of the molecule is Nc1ccc(S(=O)(=O)N(Cc2ccsc2)C2CC2)c(Cl)c1. The zero-order valence-electron chi connectivity index (χ0n) is 11.2. The van der Waals surface area contributed by atoms with Crippen molar-refractivity contribution in [2.75, 3.05) is 5.73 Å². The molecule has 0 bridgehead atoms. The van der Waals surface area contributed by atoms with Crippen LogP contribution < -0.4 is 5.73 Å². The minimum absolute atomic E-state index is 0.0727. The highest BCUT2D eigenvalue weighted by Gasteiger charge is 2.38. The third kappa shape index (κ3) is 3.08. The third-order valence-corrected chi connectivity index (χ3v) is 6.53. The molecule has 1 aromatic carbocycles. The first-order valence-corrected chi connectivity index (χ1v) is 9.32.